The second-order valence-electron chi connectivity index (χ2n) is 7.20. The van der Waals surface area contributed by atoms with Crippen molar-refractivity contribution < 1.29 is 14.4 Å². The first kappa shape index (κ1) is 22.0. The van der Waals surface area contributed by atoms with Gasteiger partial charge in [-0.1, -0.05) is 79.7 Å². The van der Waals surface area contributed by atoms with Gasteiger partial charge in [0.2, 0.25) is 11.8 Å². The lowest BCUT2D eigenvalue weighted by molar-refractivity contribution is -0.124. The summed E-state index contributed by atoms with van der Waals surface area (Å²) < 4.78 is 0. The van der Waals surface area contributed by atoms with E-state index in [4.69, 9.17) is 0 Å². The molecule has 3 aromatic carbocycles. The fourth-order valence-corrected chi connectivity index (χ4v) is 3.26. The molecule has 0 fully saturated rings. The summed E-state index contributed by atoms with van der Waals surface area (Å²) in [4.78, 5) is 36.5. The maximum atomic E-state index is 12.4. The summed E-state index contributed by atoms with van der Waals surface area (Å²) >= 11 is 0. The minimum Gasteiger partial charge on any atom is -0.347 e. The number of benzene rings is 3. The SMILES string of the molecule is CCc1ccccc1NC(=O)CNC(=O)CCC(=O)c1ccc(-c2ccccc2)cc1. The van der Waals surface area contributed by atoms with Gasteiger partial charge in [0.05, 0.1) is 6.54 Å². The molecule has 0 aliphatic heterocycles. The van der Waals surface area contributed by atoms with Crippen LogP contribution >= 0.6 is 0 Å². The minimum atomic E-state index is -0.326. The Morgan fingerprint density at radius 2 is 1.35 bits per heavy atom. The largest absolute Gasteiger partial charge is 0.347 e. The monoisotopic (exact) mass is 414 g/mol. The highest BCUT2D eigenvalue weighted by atomic mass is 16.2. The molecule has 0 unspecified atom stereocenters. The molecule has 2 N–H and O–H groups in total. The van der Waals surface area contributed by atoms with E-state index in [1.165, 1.54) is 0 Å². The van der Waals surface area contributed by atoms with Crippen LogP contribution in [-0.2, 0) is 16.0 Å². The van der Waals surface area contributed by atoms with Gasteiger partial charge in [0.25, 0.3) is 0 Å². The van der Waals surface area contributed by atoms with Gasteiger partial charge in [-0.15, -0.1) is 0 Å². The van der Waals surface area contributed by atoms with Gasteiger partial charge in [0, 0.05) is 24.1 Å². The van der Waals surface area contributed by atoms with Crippen molar-refractivity contribution >= 4 is 23.3 Å². The third kappa shape index (κ3) is 6.37. The molecule has 0 atom stereocenters. The molecule has 0 saturated carbocycles. The van der Waals surface area contributed by atoms with E-state index in [0.717, 1.165) is 28.8 Å². The number of aryl methyl sites for hydroxylation is 1. The third-order valence-electron chi connectivity index (χ3n) is 5.01. The van der Waals surface area contributed by atoms with E-state index in [1.807, 2.05) is 73.7 Å². The van der Waals surface area contributed by atoms with Gasteiger partial charge < -0.3 is 10.6 Å². The van der Waals surface area contributed by atoms with Gasteiger partial charge in [0.1, 0.15) is 0 Å². The lowest BCUT2D eigenvalue weighted by Crippen LogP contribution is -2.33. The van der Waals surface area contributed by atoms with Gasteiger partial charge in [0.15, 0.2) is 5.78 Å². The van der Waals surface area contributed by atoms with Crippen LogP contribution in [0.3, 0.4) is 0 Å². The number of carbonyl (C=O) groups is 3. The Bertz CT molecular complexity index is 1040. The molecule has 3 rings (SSSR count). The van der Waals surface area contributed by atoms with Crippen molar-refractivity contribution in [1.29, 1.82) is 0 Å². The lowest BCUT2D eigenvalue weighted by atomic mass is 10.0. The molecule has 5 nitrogen and oxygen atoms in total. The predicted molar refractivity (Wildman–Crippen MR) is 123 cm³/mol. The zero-order valence-electron chi connectivity index (χ0n) is 17.6. The summed E-state index contributed by atoms with van der Waals surface area (Å²) in [6, 6.07) is 24.8. The number of carbonyl (C=O) groups excluding carboxylic acids is 3. The molecule has 3 aromatic rings. The van der Waals surface area contributed by atoms with E-state index < -0.39 is 0 Å². The van der Waals surface area contributed by atoms with Crippen molar-refractivity contribution in [2.75, 3.05) is 11.9 Å². The Hall–Kier alpha value is -3.73. The number of Topliss-reactive ketones (excluding diaryl/α,β-unsaturated/α-hetero) is 1. The molecule has 0 heterocycles. The van der Waals surface area contributed by atoms with Crippen LogP contribution in [-0.4, -0.2) is 24.1 Å². The van der Waals surface area contributed by atoms with Crippen LogP contribution in [0, 0.1) is 0 Å². The number of amides is 2. The Morgan fingerprint density at radius 3 is 2.06 bits per heavy atom. The molecule has 158 valence electrons. The average molecular weight is 415 g/mol. The number of rotatable bonds is 9. The first-order chi connectivity index (χ1) is 15.1. The molecule has 5 heteroatoms. The van der Waals surface area contributed by atoms with Crippen LogP contribution in [0.2, 0.25) is 0 Å². The molecule has 0 bridgehead atoms. The summed E-state index contributed by atoms with van der Waals surface area (Å²) in [5.41, 5.74) is 4.47. The highest BCUT2D eigenvalue weighted by molar-refractivity contribution is 5.99. The zero-order valence-corrected chi connectivity index (χ0v) is 17.6. The first-order valence-corrected chi connectivity index (χ1v) is 10.4. The van der Waals surface area contributed by atoms with Crippen LogP contribution in [0.1, 0.15) is 35.7 Å². The molecule has 0 aliphatic rings. The second-order valence-corrected chi connectivity index (χ2v) is 7.20. The van der Waals surface area contributed by atoms with E-state index in [0.29, 0.717) is 5.56 Å². The van der Waals surface area contributed by atoms with Gasteiger partial charge in [-0.3, -0.25) is 14.4 Å². The summed E-state index contributed by atoms with van der Waals surface area (Å²) in [5, 5.41) is 5.38. The van der Waals surface area contributed by atoms with Gasteiger partial charge in [-0.2, -0.15) is 0 Å². The lowest BCUT2D eigenvalue weighted by Gasteiger charge is -2.10. The minimum absolute atomic E-state index is 0.0398. The summed E-state index contributed by atoms with van der Waals surface area (Å²) in [6.45, 7) is 1.88. The standard InChI is InChI=1S/C26H26N2O3/c1-2-19-8-6-7-11-23(19)28-26(31)18-27-25(30)17-16-24(29)22-14-12-21(13-15-22)20-9-4-3-5-10-20/h3-15H,2,16-18H2,1H3,(H,27,30)(H,28,31). The second kappa shape index (κ2) is 10.9. The van der Waals surface area contributed by atoms with Gasteiger partial charge in [-0.05, 0) is 29.2 Å². The maximum Gasteiger partial charge on any atom is 0.243 e. The Kier molecular flexibility index (Phi) is 7.71. The topological polar surface area (TPSA) is 75.3 Å². The van der Waals surface area contributed by atoms with Gasteiger partial charge >= 0.3 is 0 Å². The number of nitrogens with one attached hydrogen (secondary N) is 2. The Labute approximate surface area is 182 Å². The maximum absolute atomic E-state index is 12.4. The van der Waals surface area contributed by atoms with Crippen molar-refractivity contribution in [3.8, 4) is 11.1 Å². The molecule has 0 spiro atoms. The van der Waals surface area contributed by atoms with Crippen molar-refractivity contribution in [1.82, 2.24) is 5.32 Å². The van der Waals surface area contributed by atoms with Crippen LogP contribution in [0.5, 0.6) is 0 Å². The Balaban J connectivity index is 1.44. The molecule has 0 saturated heterocycles. The number of ketones is 1. The highest BCUT2D eigenvalue weighted by Crippen LogP contribution is 2.20. The van der Waals surface area contributed by atoms with E-state index in [1.54, 1.807) is 12.1 Å². The quantitative estimate of drug-likeness (QED) is 0.501. The molecule has 31 heavy (non-hydrogen) atoms. The first-order valence-electron chi connectivity index (χ1n) is 10.4. The zero-order chi connectivity index (χ0) is 22.1. The van der Waals surface area contributed by atoms with E-state index in [9.17, 15) is 14.4 Å². The summed E-state index contributed by atoms with van der Waals surface area (Å²) in [7, 11) is 0. The van der Waals surface area contributed by atoms with Crippen LogP contribution in [0.25, 0.3) is 11.1 Å². The number of hydrogen-bond acceptors (Lipinski definition) is 3. The van der Waals surface area contributed by atoms with E-state index in [2.05, 4.69) is 10.6 Å². The average Bonchev–Trinajstić information content (AvgIpc) is 2.82. The predicted octanol–water partition coefficient (Wildman–Crippen LogP) is 4.63. The van der Waals surface area contributed by atoms with Crippen LogP contribution in [0.4, 0.5) is 5.69 Å². The fourth-order valence-electron chi connectivity index (χ4n) is 3.26. The number of para-hydroxylation sites is 1. The highest BCUT2D eigenvalue weighted by Gasteiger charge is 2.11. The van der Waals surface area contributed by atoms with E-state index in [-0.39, 0.29) is 37.0 Å². The molecule has 0 aliphatic carbocycles. The molecule has 2 amide bonds. The van der Waals surface area contributed by atoms with Crippen molar-refractivity contribution in [3.05, 3.63) is 90.0 Å². The molecule has 0 radical (unpaired) electrons. The number of hydrogen-bond donors (Lipinski definition) is 2. The van der Waals surface area contributed by atoms with E-state index >= 15 is 0 Å². The molecule has 0 aromatic heterocycles. The van der Waals surface area contributed by atoms with Crippen molar-refractivity contribution in [2.45, 2.75) is 26.2 Å². The van der Waals surface area contributed by atoms with Crippen LogP contribution < -0.4 is 10.6 Å². The Morgan fingerprint density at radius 1 is 0.710 bits per heavy atom. The van der Waals surface area contributed by atoms with Crippen molar-refractivity contribution in [3.63, 3.8) is 0 Å². The number of anilines is 1. The van der Waals surface area contributed by atoms with Crippen molar-refractivity contribution in [2.24, 2.45) is 0 Å². The van der Waals surface area contributed by atoms with Gasteiger partial charge in [-0.25, -0.2) is 0 Å². The van der Waals surface area contributed by atoms with Crippen LogP contribution in [0.15, 0.2) is 78.9 Å². The summed E-state index contributed by atoms with van der Waals surface area (Å²) in [6.07, 6.45) is 0.937. The smallest absolute Gasteiger partial charge is 0.243 e. The third-order valence-corrected chi connectivity index (χ3v) is 5.01. The summed E-state index contributed by atoms with van der Waals surface area (Å²) in [5.74, 6) is -0.721. The normalized spacial score (nSPS) is 10.4. The molecular weight excluding hydrogens is 388 g/mol. The molecular formula is C26H26N2O3. The fraction of sp³-hybridized carbons (Fsp3) is 0.192.